The molecule has 1 heterocycles. The van der Waals surface area contributed by atoms with Crippen molar-refractivity contribution in [2.45, 2.75) is 44.3 Å². The number of carbonyl (C=O) groups is 2. The van der Waals surface area contributed by atoms with E-state index in [-0.39, 0.29) is 11.9 Å². The largest absolute Gasteiger partial charge is 0.330 e. The number of nitrogens with zero attached hydrogens (tertiary/aromatic N) is 1. The second kappa shape index (κ2) is 10.3. The molecule has 154 valence electrons. The molecule has 2 atom stereocenters. The first-order valence-electron chi connectivity index (χ1n) is 10.2. The van der Waals surface area contributed by atoms with E-state index in [9.17, 15) is 9.59 Å². The number of benzene rings is 2. The van der Waals surface area contributed by atoms with Crippen LogP contribution in [0.5, 0.6) is 0 Å². The molecule has 0 saturated carbocycles. The van der Waals surface area contributed by atoms with E-state index in [2.05, 4.69) is 22.3 Å². The highest BCUT2D eigenvalue weighted by Gasteiger charge is 2.32. The van der Waals surface area contributed by atoms with E-state index in [1.165, 1.54) is 11.1 Å². The monoisotopic (exact) mass is 394 g/mol. The zero-order valence-corrected chi connectivity index (χ0v) is 16.7. The topological polar surface area (TPSA) is 101 Å². The van der Waals surface area contributed by atoms with Gasteiger partial charge in [0.15, 0.2) is 0 Å². The highest BCUT2D eigenvalue weighted by molar-refractivity contribution is 6.00. The van der Waals surface area contributed by atoms with Gasteiger partial charge in [-0.15, -0.1) is 0 Å². The van der Waals surface area contributed by atoms with Crippen LogP contribution in [0.15, 0.2) is 54.6 Å². The van der Waals surface area contributed by atoms with Crippen molar-refractivity contribution in [2.75, 3.05) is 13.1 Å². The predicted octanol–water partition coefficient (Wildman–Crippen LogP) is 1.37. The molecule has 1 fully saturated rings. The number of rotatable bonds is 8. The van der Waals surface area contributed by atoms with E-state index in [0.29, 0.717) is 19.5 Å². The summed E-state index contributed by atoms with van der Waals surface area (Å²) in [5.74, 6) is -0.679. The zero-order valence-electron chi connectivity index (χ0n) is 16.7. The number of carbonyl (C=O) groups excluding carboxylic acids is 2. The van der Waals surface area contributed by atoms with E-state index in [0.717, 1.165) is 31.4 Å². The maximum atomic E-state index is 12.8. The van der Waals surface area contributed by atoms with Gasteiger partial charge in [-0.1, -0.05) is 54.6 Å². The number of nitrogens with one attached hydrogen (secondary N) is 1. The quantitative estimate of drug-likeness (QED) is 0.628. The Hall–Kier alpha value is -2.54. The van der Waals surface area contributed by atoms with Gasteiger partial charge in [-0.05, 0) is 55.5 Å². The molecule has 2 aromatic rings. The fourth-order valence-electron chi connectivity index (χ4n) is 3.90. The molecule has 0 aromatic heterocycles. The number of nitrogens with two attached hydrogens (primary N) is 2. The first-order chi connectivity index (χ1) is 14.1. The Balaban J connectivity index is 1.59. The first kappa shape index (κ1) is 21.2. The van der Waals surface area contributed by atoms with Crippen molar-refractivity contribution in [3.8, 4) is 0 Å². The van der Waals surface area contributed by atoms with Gasteiger partial charge in [-0.2, -0.15) is 0 Å². The highest BCUT2D eigenvalue weighted by Crippen LogP contribution is 2.22. The summed E-state index contributed by atoms with van der Waals surface area (Å²) in [7, 11) is 0. The second-order valence-electron chi connectivity index (χ2n) is 7.59. The van der Waals surface area contributed by atoms with Crippen LogP contribution in [0.3, 0.4) is 0 Å². The highest BCUT2D eigenvalue weighted by atomic mass is 16.2. The summed E-state index contributed by atoms with van der Waals surface area (Å²) >= 11 is 0. The van der Waals surface area contributed by atoms with Crippen molar-refractivity contribution in [1.82, 2.24) is 10.2 Å². The van der Waals surface area contributed by atoms with Gasteiger partial charge < -0.3 is 11.5 Å². The van der Waals surface area contributed by atoms with E-state index < -0.39 is 11.9 Å². The lowest BCUT2D eigenvalue weighted by atomic mass is 10.0. The van der Waals surface area contributed by atoms with Crippen LogP contribution in [0, 0.1) is 0 Å². The van der Waals surface area contributed by atoms with Gasteiger partial charge in [-0.3, -0.25) is 19.8 Å². The van der Waals surface area contributed by atoms with Gasteiger partial charge in [0.2, 0.25) is 11.8 Å². The molecule has 0 spiro atoms. The molecule has 0 bridgehead atoms. The van der Waals surface area contributed by atoms with Crippen molar-refractivity contribution in [3.63, 3.8) is 0 Å². The lowest BCUT2D eigenvalue weighted by Gasteiger charge is -2.25. The van der Waals surface area contributed by atoms with Crippen LogP contribution in [-0.4, -0.2) is 41.9 Å². The minimum absolute atomic E-state index is 0.257. The van der Waals surface area contributed by atoms with Crippen molar-refractivity contribution in [1.29, 1.82) is 0 Å². The minimum Gasteiger partial charge on any atom is -0.330 e. The average molecular weight is 395 g/mol. The van der Waals surface area contributed by atoms with Gasteiger partial charge in [0.05, 0.1) is 12.1 Å². The number of amides is 2. The summed E-state index contributed by atoms with van der Waals surface area (Å²) in [6.45, 7) is 2.10. The third-order valence-corrected chi connectivity index (χ3v) is 5.45. The van der Waals surface area contributed by atoms with E-state index in [1.54, 1.807) is 0 Å². The fourth-order valence-corrected chi connectivity index (χ4v) is 3.90. The molecule has 1 aliphatic heterocycles. The lowest BCUT2D eigenvalue weighted by Crippen LogP contribution is -2.50. The fraction of sp³-hybridized carbons (Fsp3) is 0.391. The molecular weight excluding hydrogens is 364 g/mol. The van der Waals surface area contributed by atoms with Crippen molar-refractivity contribution in [3.05, 3.63) is 71.3 Å². The molecule has 0 unspecified atom stereocenters. The summed E-state index contributed by atoms with van der Waals surface area (Å²) in [6.07, 6.45) is 2.89. The van der Waals surface area contributed by atoms with Crippen molar-refractivity contribution >= 4 is 11.8 Å². The molecule has 5 N–H and O–H groups in total. The maximum Gasteiger partial charge on any atom is 0.243 e. The smallest absolute Gasteiger partial charge is 0.243 e. The third kappa shape index (κ3) is 5.73. The molecule has 1 saturated heterocycles. The second-order valence-corrected chi connectivity index (χ2v) is 7.59. The maximum absolute atomic E-state index is 12.8. The van der Waals surface area contributed by atoms with E-state index in [1.807, 2.05) is 42.5 Å². The van der Waals surface area contributed by atoms with Gasteiger partial charge in [0.1, 0.15) is 0 Å². The Bertz CT molecular complexity index is 825. The van der Waals surface area contributed by atoms with Crippen LogP contribution >= 0.6 is 0 Å². The predicted molar refractivity (Wildman–Crippen MR) is 114 cm³/mol. The summed E-state index contributed by atoms with van der Waals surface area (Å²) in [4.78, 5) is 27.3. The summed E-state index contributed by atoms with van der Waals surface area (Å²) in [5.41, 5.74) is 15.1. The number of hydrogen-bond acceptors (Lipinski definition) is 5. The Morgan fingerprint density at radius 3 is 2.48 bits per heavy atom. The molecule has 0 aliphatic carbocycles. The normalized spacial score (nSPS) is 17.8. The average Bonchev–Trinajstić information content (AvgIpc) is 3.18. The summed E-state index contributed by atoms with van der Waals surface area (Å²) in [6, 6.07) is 16.7. The Morgan fingerprint density at radius 1 is 1.07 bits per heavy atom. The molecule has 3 rings (SSSR count). The minimum atomic E-state index is -0.749. The van der Waals surface area contributed by atoms with Crippen LogP contribution in [0.25, 0.3) is 0 Å². The summed E-state index contributed by atoms with van der Waals surface area (Å²) in [5, 5.41) is 2.53. The van der Waals surface area contributed by atoms with Crippen LogP contribution in [0.4, 0.5) is 0 Å². The van der Waals surface area contributed by atoms with Gasteiger partial charge >= 0.3 is 0 Å². The zero-order chi connectivity index (χ0) is 20.6. The standard InChI is InChI=1S/C23H30N4O2/c24-13-12-18-9-4-5-10-19(18)16-27-14-6-11-21(27)23(29)26-22(28)20(25)15-17-7-2-1-3-8-17/h1-5,7-10,20-21H,6,11-16,24-25H2,(H,26,28,29)/t20-,21+/m1/s1. The van der Waals surface area contributed by atoms with Crippen molar-refractivity contribution < 1.29 is 9.59 Å². The number of likely N-dealkylation sites (tertiary alicyclic amines) is 1. The molecule has 0 radical (unpaired) electrons. The van der Waals surface area contributed by atoms with Crippen LogP contribution in [0.2, 0.25) is 0 Å². The van der Waals surface area contributed by atoms with E-state index >= 15 is 0 Å². The lowest BCUT2D eigenvalue weighted by molar-refractivity contribution is -0.133. The Labute approximate surface area is 172 Å². The van der Waals surface area contributed by atoms with Crippen LogP contribution in [0.1, 0.15) is 29.5 Å². The van der Waals surface area contributed by atoms with E-state index in [4.69, 9.17) is 11.5 Å². The SMILES string of the molecule is NCCc1ccccc1CN1CCC[C@H]1C(=O)NC(=O)[C@H](N)Cc1ccccc1. The van der Waals surface area contributed by atoms with Gasteiger partial charge in [0.25, 0.3) is 0 Å². The third-order valence-electron chi connectivity index (χ3n) is 5.45. The molecule has 1 aliphatic rings. The van der Waals surface area contributed by atoms with Crippen LogP contribution in [-0.2, 0) is 29.0 Å². The molecule has 6 nitrogen and oxygen atoms in total. The molecular formula is C23H30N4O2. The molecule has 29 heavy (non-hydrogen) atoms. The molecule has 6 heteroatoms. The van der Waals surface area contributed by atoms with Crippen molar-refractivity contribution in [2.24, 2.45) is 11.5 Å². The number of imide groups is 1. The van der Waals surface area contributed by atoms with Gasteiger partial charge in [-0.25, -0.2) is 0 Å². The first-order valence-corrected chi connectivity index (χ1v) is 10.2. The Morgan fingerprint density at radius 2 is 1.76 bits per heavy atom. The van der Waals surface area contributed by atoms with Crippen LogP contribution < -0.4 is 16.8 Å². The summed E-state index contributed by atoms with van der Waals surface area (Å²) < 4.78 is 0. The molecule has 2 aromatic carbocycles. The Kier molecular flexibility index (Phi) is 7.52. The number of hydrogen-bond donors (Lipinski definition) is 3. The van der Waals surface area contributed by atoms with Gasteiger partial charge in [0, 0.05) is 6.54 Å². The molecule has 2 amide bonds.